The molecule has 1 N–H and O–H groups in total. The Bertz CT molecular complexity index is 136. The molecule has 1 heterocycles. The number of hydrogen-bond donors (Lipinski definition) is 1. The molecule has 1 fully saturated rings. The minimum atomic E-state index is 0.745. The first kappa shape index (κ1) is 12.0. The number of nitrogens with zero attached hydrogens (tertiary/aromatic N) is 1. The standard InChI is InChI=1S/C12H26N2/c1-3-4-5-6-9-14-10-7-8-12(11-14)13-2/h12-13H,3-11H2,1-2H3/t12-/m0/s1. The van der Waals surface area contributed by atoms with Gasteiger partial charge in [-0.05, 0) is 39.4 Å². The van der Waals surface area contributed by atoms with Gasteiger partial charge in [0.25, 0.3) is 0 Å². The molecule has 0 aliphatic carbocycles. The summed E-state index contributed by atoms with van der Waals surface area (Å²) in [5.41, 5.74) is 0. The van der Waals surface area contributed by atoms with Gasteiger partial charge in [-0.15, -0.1) is 0 Å². The quantitative estimate of drug-likeness (QED) is 0.659. The number of likely N-dealkylation sites (tertiary alicyclic amines) is 1. The van der Waals surface area contributed by atoms with E-state index in [2.05, 4.69) is 24.2 Å². The summed E-state index contributed by atoms with van der Waals surface area (Å²) in [6.07, 6.45) is 8.30. The fraction of sp³-hybridized carbons (Fsp3) is 1.00. The number of piperidine rings is 1. The summed E-state index contributed by atoms with van der Waals surface area (Å²) < 4.78 is 0. The summed E-state index contributed by atoms with van der Waals surface area (Å²) in [4.78, 5) is 2.63. The first-order chi connectivity index (χ1) is 6.86. The van der Waals surface area contributed by atoms with Crippen molar-refractivity contribution >= 4 is 0 Å². The SMILES string of the molecule is CCCCCCN1CCC[C@H](NC)C1. The summed E-state index contributed by atoms with van der Waals surface area (Å²) in [6, 6.07) is 0.745. The van der Waals surface area contributed by atoms with Gasteiger partial charge in [0.15, 0.2) is 0 Å². The van der Waals surface area contributed by atoms with Crippen molar-refractivity contribution in [3.8, 4) is 0 Å². The molecule has 0 radical (unpaired) electrons. The van der Waals surface area contributed by atoms with E-state index < -0.39 is 0 Å². The summed E-state index contributed by atoms with van der Waals surface area (Å²) in [5, 5.41) is 3.39. The van der Waals surface area contributed by atoms with Crippen molar-refractivity contribution < 1.29 is 0 Å². The molecule has 1 atom stereocenters. The second-order valence-electron chi connectivity index (χ2n) is 4.49. The van der Waals surface area contributed by atoms with Crippen LogP contribution in [0.25, 0.3) is 0 Å². The highest BCUT2D eigenvalue weighted by molar-refractivity contribution is 4.76. The Labute approximate surface area is 89.1 Å². The van der Waals surface area contributed by atoms with Crippen molar-refractivity contribution in [3.63, 3.8) is 0 Å². The van der Waals surface area contributed by atoms with Crippen LogP contribution in [0.1, 0.15) is 45.4 Å². The normalized spacial score (nSPS) is 24.0. The lowest BCUT2D eigenvalue weighted by Gasteiger charge is -2.32. The van der Waals surface area contributed by atoms with Crippen molar-refractivity contribution in [2.75, 3.05) is 26.7 Å². The average Bonchev–Trinajstić information content (AvgIpc) is 2.25. The topological polar surface area (TPSA) is 15.3 Å². The van der Waals surface area contributed by atoms with Crippen LogP contribution in [0.5, 0.6) is 0 Å². The van der Waals surface area contributed by atoms with Gasteiger partial charge < -0.3 is 10.2 Å². The van der Waals surface area contributed by atoms with Gasteiger partial charge in [-0.1, -0.05) is 26.2 Å². The molecule has 2 nitrogen and oxygen atoms in total. The molecule has 0 saturated carbocycles. The molecule has 14 heavy (non-hydrogen) atoms. The van der Waals surface area contributed by atoms with Crippen molar-refractivity contribution in [2.45, 2.75) is 51.5 Å². The zero-order valence-corrected chi connectivity index (χ0v) is 9.89. The van der Waals surface area contributed by atoms with E-state index in [4.69, 9.17) is 0 Å². The van der Waals surface area contributed by atoms with Crippen LogP contribution >= 0.6 is 0 Å². The van der Waals surface area contributed by atoms with Crippen LogP contribution in [-0.4, -0.2) is 37.6 Å². The Kier molecular flexibility index (Phi) is 6.20. The van der Waals surface area contributed by atoms with Gasteiger partial charge in [0.05, 0.1) is 0 Å². The predicted molar refractivity (Wildman–Crippen MR) is 62.7 cm³/mol. The van der Waals surface area contributed by atoms with Crippen LogP contribution < -0.4 is 5.32 Å². The minimum Gasteiger partial charge on any atom is -0.316 e. The minimum absolute atomic E-state index is 0.745. The lowest BCUT2D eigenvalue weighted by molar-refractivity contribution is 0.192. The zero-order chi connectivity index (χ0) is 10.2. The molecule has 0 spiro atoms. The van der Waals surface area contributed by atoms with Crippen molar-refractivity contribution in [1.82, 2.24) is 10.2 Å². The van der Waals surface area contributed by atoms with E-state index in [-0.39, 0.29) is 0 Å². The summed E-state index contributed by atoms with van der Waals surface area (Å²) >= 11 is 0. The molecule has 0 aromatic carbocycles. The Balaban J connectivity index is 2.05. The third-order valence-electron chi connectivity index (χ3n) is 3.24. The van der Waals surface area contributed by atoms with E-state index in [9.17, 15) is 0 Å². The molecule has 1 saturated heterocycles. The fourth-order valence-corrected chi connectivity index (χ4v) is 2.26. The van der Waals surface area contributed by atoms with Crippen LogP contribution in [0, 0.1) is 0 Å². The molecular weight excluding hydrogens is 172 g/mol. The third kappa shape index (κ3) is 4.43. The lowest BCUT2D eigenvalue weighted by Crippen LogP contribution is -2.44. The van der Waals surface area contributed by atoms with E-state index in [0.717, 1.165) is 6.04 Å². The van der Waals surface area contributed by atoms with Crippen LogP contribution in [0.3, 0.4) is 0 Å². The maximum Gasteiger partial charge on any atom is 0.0192 e. The molecule has 0 amide bonds. The van der Waals surface area contributed by atoms with Crippen LogP contribution in [0.15, 0.2) is 0 Å². The molecule has 0 aromatic rings. The van der Waals surface area contributed by atoms with Gasteiger partial charge in [0, 0.05) is 12.6 Å². The molecule has 1 aliphatic rings. The Morgan fingerprint density at radius 2 is 2.14 bits per heavy atom. The molecule has 1 rings (SSSR count). The molecule has 0 aromatic heterocycles. The highest BCUT2D eigenvalue weighted by Gasteiger charge is 2.17. The first-order valence-corrected chi connectivity index (χ1v) is 6.26. The third-order valence-corrected chi connectivity index (χ3v) is 3.24. The summed E-state index contributed by atoms with van der Waals surface area (Å²) in [5.74, 6) is 0. The van der Waals surface area contributed by atoms with Gasteiger partial charge in [0.1, 0.15) is 0 Å². The highest BCUT2D eigenvalue weighted by atomic mass is 15.2. The Hall–Kier alpha value is -0.0800. The zero-order valence-electron chi connectivity index (χ0n) is 9.89. The van der Waals surface area contributed by atoms with Crippen LogP contribution in [-0.2, 0) is 0 Å². The predicted octanol–water partition coefficient (Wildman–Crippen LogP) is 2.25. The molecular formula is C12H26N2. The number of likely N-dealkylation sites (N-methyl/N-ethyl adjacent to an activating group) is 1. The molecule has 0 bridgehead atoms. The molecule has 2 heteroatoms. The van der Waals surface area contributed by atoms with Crippen molar-refractivity contribution in [2.24, 2.45) is 0 Å². The van der Waals surface area contributed by atoms with Gasteiger partial charge >= 0.3 is 0 Å². The van der Waals surface area contributed by atoms with Crippen molar-refractivity contribution in [1.29, 1.82) is 0 Å². The van der Waals surface area contributed by atoms with E-state index in [0.29, 0.717) is 0 Å². The van der Waals surface area contributed by atoms with Crippen LogP contribution in [0.4, 0.5) is 0 Å². The fourth-order valence-electron chi connectivity index (χ4n) is 2.26. The summed E-state index contributed by atoms with van der Waals surface area (Å²) in [7, 11) is 2.09. The van der Waals surface area contributed by atoms with Gasteiger partial charge in [-0.3, -0.25) is 0 Å². The number of unbranched alkanes of at least 4 members (excludes halogenated alkanes) is 3. The van der Waals surface area contributed by atoms with Crippen molar-refractivity contribution in [3.05, 3.63) is 0 Å². The number of hydrogen-bond acceptors (Lipinski definition) is 2. The van der Waals surface area contributed by atoms with Crippen LogP contribution in [0.2, 0.25) is 0 Å². The van der Waals surface area contributed by atoms with E-state index >= 15 is 0 Å². The van der Waals surface area contributed by atoms with E-state index in [1.54, 1.807) is 0 Å². The second-order valence-corrected chi connectivity index (χ2v) is 4.49. The number of nitrogens with one attached hydrogen (secondary N) is 1. The summed E-state index contributed by atoms with van der Waals surface area (Å²) in [6.45, 7) is 6.18. The maximum absolute atomic E-state index is 3.39. The lowest BCUT2D eigenvalue weighted by atomic mass is 10.1. The first-order valence-electron chi connectivity index (χ1n) is 6.26. The average molecular weight is 198 g/mol. The van der Waals surface area contributed by atoms with E-state index in [1.165, 1.54) is 58.2 Å². The van der Waals surface area contributed by atoms with E-state index in [1.807, 2.05) is 0 Å². The van der Waals surface area contributed by atoms with Gasteiger partial charge in [-0.25, -0.2) is 0 Å². The monoisotopic (exact) mass is 198 g/mol. The molecule has 84 valence electrons. The molecule has 0 unspecified atom stereocenters. The number of rotatable bonds is 6. The largest absolute Gasteiger partial charge is 0.316 e. The van der Waals surface area contributed by atoms with Gasteiger partial charge in [-0.2, -0.15) is 0 Å². The smallest absolute Gasteiger partial charge is 0.0192 e. The second kappa shape index (κ2) is 7.24. The van der Waals surface area contributed by atoms with Gasteiger partial charge in [0.2, 0.25) is 0 Å². The maximum atomic E-state index is 3.39. The Morgan fingerprint density at radius 1 is 1.29 bits per heavy atom. The molecule has 1 aliphatic heterocycles. The Morgan fingerprint density at radius 3 is 2.86 bits per heavy atom. The highest BCUT2D eigenvalue weighted by Crippen LogP contribution is 2.11.